The summed E-state index contributed by atoms with van der Waals surface area (Å²) in [5, 5.41) is 15.4. The number of hydrogen-bond acceptors (Lipinski definition) is 4. The number of aliphatic carboxylic acids is 1. The third-order valence-corrected chi connectivity index (χ3v) is 2.81. The fourth-order valence-electron chi connectivity index (χ4n) is 1.87. The molecule has 1 aromatic heterocycles. The minimum atomic E-state index is -1.03. The SMILES string of the molecule is CCc1noc(C)c1C(=O)NC(CC(C)C)C(=O)O. The van der Waals surface area contributed by atoms with E-state index in [2.05, 4.69) is 10.5 Å². The fraction of sp³-hybridized carbons (Fsp3) is 0.615. The normalized spacial score (nSPS) is 12.5. The van der Waals surface area contributed by atoms with Gasteiger partial charge < -0.3 is 14.9 Å². The average Bonchev–Trinajstić information content (AvgIpc) is 2.68. The molecule has 1 atom stereocenters. The first-order chi connectivity index (χ1) is 8.86. The third-order valence-electron chi connectivity index (χ3n) is 2.81. The average molecular weight is 268 g/mol. The maximum absolute atomic E-state index is 12.1. The van der Waals surface area contributed by atoms with Crippen molar-refractivity contribution in [1.29, 1.82) is 0 Å². The van der Waals surface area contributed by atoms with Crippen LogP contribution in [0.2, 0.25) is 0 Å². The minimum absolute atomic E-state index is 0.176. The predicted molar refractivity (Wildman–Crippen MR) is 69.0 cm³/mol. The number of hydrogen-bond donors (Lipinski definition) is 2. The zero-order valence-corrected chi connectivity index (χ0v) is 11.7. The Balaban J connectivity index is 2.87. The number of carboxylic acid groups (broad SMARTS) is 1. The number of carboxylic acids is 1. The van der Waals surface area contributed by atoms with Crippen molar-refractivity contribution in [2.75, 3.05) is 0 Å². The smallest absolute Gasteiger partial charge is 0.326 e. The maximum Gasteiger partial charge on any atom is 0.326 e. The highest BCUT2D eigenvalue weighted by molar-refractivity contribution is 5.98. The molecule has 1 amide bonds. The lowest BCUT2D eigenvalue weighted by Gasteiger charge is -2.16. The lowest BCUT2D eigenvalue weighted by atomic mass is 10.0. The Bertz CT molecular complexity index is 465. The summed E-state index contributed by atoms with van der Waals surface area (Å²) >= 11 is 0. The molecule has 0 aliphatic rings. The lowest BCUT2D eigenvalue weighted by molar-refractivity contribution is -0.139. The number of aryl methyl sites for hydroxylation is 2. The number of nitrogens with one attached hydrogen (secondary N) is 1. The number of rotatable bonds is 6. The summed E-state index contributed by atoms with van der Waals surface area (Å²) in [7, 11) is 0. The van der Waals surface area contributed by atoms with Crippen molar-refractivity contribution >= 4 is 11.9 Å². The number of carbonyl (C=O) groups excluding carboxylic acids is 1. The first-order valence-corrected chi connectivity index (χ1v) is 6.35. The van der Waals surface area contributed by atoms with E-state index < -0.39 is 17.9 Å². The van der Waals surface area contributed by atoms with E-state index in [4.69, 9.17) is 9.63 Å². The molecule has 0 aromatic carbocycles. The Kier molecular flexibility index (Phi) is 5.09. The zero-order chi connectivity index (χ0) is 14.6. The van der Waals surface area contributed by atoms with E-state index >= 15 is 0 Å². The lowest BCUT2D eigenvalue weighted by Crippen LogP contribution is -2.42. The van der Waals surface area contributed by atoms with Gasteiger partial charge in [0.15, 0.2) is 0 Å². The fourth-order valence-corrected chi connectivity index (χ4v) is 1.87. The van der Waals surface area contributed by atoms with Crippen LogP contribution in [0, 0.1) is 12.8 Å². The first kappa shape index (κ1) is 15.2. The maximum atomic E-state index is 12.1. The van der Waals surface area contributed by atoms with Crippen molar-refractivity contribution in [2.24, 2.45) is 5.92 Å². The van der Waals surface area contributed by atoms with Gasteiger partial charge in [-0.1, -0.05) is 25.9 Å². The van der Waals surface area contributed by atoms with Crippen molar-refractivity contribution < 1.29 is 19.2 Å². The van der Waals surface area contributed by atoms with Gasteiger partial charge >= 0.3 is 5.97 Å². The van der Waals surface area contributed by atoms with E-state index in [9.17, 15) is 9.59 Å². The molecule has 0 saturated carbocycles. The molecule has 0 fully saturated rings. The molecular formula is C13H20N2O4. The summed E-state index contributed by atoms with van der Waals surface area (Å²) < 4.78 is 4.97. The van der Waals surface area contributed by atoms with Crippen LogP contribution in [-0.2, 0) is 11.2 Å². The number of amides is 1. The monoisotopic (exact) mass is 268 g/mol. The van der Waals surface area contributed by atoms with Gasteiger partial charge in [0.25, 0.3) is 5.91 Å². The van der Waals surface area contributed by atoms with Crippen LogP contribution < -0.4 is 5.32 Å². The summed E-state index contributed by atoms with van der Waals surface area (Å²) in [5.74, 6) is -0.892. The highest BCUT2D eigenvalue weighted by atomic mass is 16.5. The highest BCUT2D eigenvalue weighted by Gasteiger charge is 2.25. The summed E-state index contributed by atoms with van der Waals surface area (Å²) in [5.41, 5.74) is 0.890. The van der Waals surface area contributed by atoms with Crippen LogP contribution in [-0.4, -0.2) is 28.2 Å². The van der Waals surface area contributed by atoms with E-state index in [0.29, 0.717) is 29.9 Å². The van der Waals surface area contributed by atoms with Gasteiger partial charge in [-0.25, -0.2) is 4.79 Å². The minimum Gasteiger partial charge on any atom is -0.480 e. The van der Waals surface area contributed by atoms with Crippen LogP contribution in [0.15, 0.2) is 4.52 Å². The Morgan fingerprint density at radius 2 is 2.05 bits per heavy atom. The van der Waals surface area contributed by atoms with E-state index in [0.717, 1.165) is 0 Å². The molecule has 19 heavy (non-hydrogen) atoms. The Hall–Kier alpha value is -1.85. The summed E-state index contributed by atoms with van der Waals surface area (Å²) in [6.07, 6.45) is 0.939. The molecule has 1 aromatic rings. The van der Waals surface area contributed by atoms with Crippen molar-refractivity contribution in [3.8, 4) is 0 Å². The molecule has 0 bridgehead atoms. The highest BCUT2D eigenvalue weighted by Crippen LogP contribution is 2.15. The summed E-state index contributed by atoms with van der Waals surface area (Å²) in [4.78, 5) is 23.3. The van der Waals surface area contributed by atoms with Gasteiger partial charge in [-0.3, -0.25) is 4.79 Å². The second-order valence-corrected chi connectivity index (χ2v) is 4.91. The van der Waals surface area contributed by atoms with E-state index in [1.807, 2.05) is 20.8 Å². The molecule has 1 unspecified atom stereocenters. The molecule has 1 heterocycles. The molecule has 2 N–H and O–H groups in total. The van der Waals surface area contributed by atoms with Gasteiger partial charge in [0.1, 0.15) is 17.4 Å². The van der Waals surface area contributed by atoms with E-state index in [1.165, 1.54) is 0 Å². The van der Waals surface area contributed by atoms with Crippen LogP contribution in [0.3, 0.4) is 0 Å². The molecule has 0 aliphatic carbocycles. The molecule has 1 rings (SSSR count). The van der Waals surface area contributed by atoms with Gasteiger partial charge in [-0.05, 0) is 25.7 Å². The second kappa shape index (κ2) is 6.36. The van der Waals surface area contributed by atoms with Crippen LogP contribution in [0.5, 0.6) is 0 Å². The van der Waals surface area contributed by atoms with Gasteiger partial charge in [0.2, 0.25) is 0 Å². The Morgan fingerprint density at radius 3 is 2.53 bits per heavy atom. The van der Waals surface area contributed by atoms with Crippen LogP contribution >= 0.6 is 0 Å². The number of nitrogens with zero attached hydrogens (tertiary/aromatic N) is 1. The van der Waals surface area contributed by atoms with Gasteiger partial charge in [-0.15, -0.1) is 0 Å². The van der Waals surface area contributed by atoms with Crippen LogP contribution in [0.4, 0.5) is 0 Å². The third kappa shape index (κ3) is 3.81. The van der Waals surface area contributed by atoms with Gasteiger partial charge in [0.05, 0.1) is 5.69 Å². The Morgan fingerprint density at radius 1 is 1.42 bits per heavy atom. The molecular weight excluding hydrogens is 248 g/mol. The summed E-state index contributed by atoms with van der Waals surface area (Å²) in [6.45, 7) is 7.31. The second-order valence-electron chi connectivity index (χ2n) is 4.91. The van der Waals surface area contributed by atoms with Crippen molar-refractivity contribution in [1.82, 2.24) is 10.5 Å². The molecule has 106 valence electrons. The number of aromatic nitrogens is 1. The molecule has 6 heteroatoms. The molecule has 0 saturated heterocycles. The van der Waals surface area contributed by atoms with Crippen molar-refractivity contribution in [3.05, 3.63) is 17.0 Å². The quantitative estimate of drug-likeness (QED) is 0.820. The largest absolute Gasteiger partial charge is 0.480 e. The van der Waals surface area contributed by atoms with Gasteiger partial charge in [-0.2, -0.15) is 0 Å². The zero-order valence-electron chi connectivity index (χ0n) is 11.7. The Labute approximate surface area is 112 Å². The molecule has 0 radical (unpaired) electrons. The van der Waals surface area contributed by atoms with E-state index in [-0.39, 0.29) is 5.92 Å². The van der Waals surface area contributed by atoms with E-state index in [1.54, 1.807) is 6.92 Å². The predicted octanol–water partition coefficient (Wildman–Crippen LogP) is 1.77. The van der Waals surface area contributed by atoms with Gasteiger partial charge in [0, 0.05) is 0 Å². The first-order valence-electron chi connectivity index (χ1n) is 6.35. The standard InChI is InChI=1S/C13H20N2O4/c1-5-9-11(8(4)19-15-9)12(16)14-10(13(17)18)6-7(2)3/h7,10H,5-6H2,1-4H3,(H,14,16)(H,17,18). The number of carbonyl (C=O) groups is 2. The van der Waals surface area contributed by atoms with Crippen molar-refractivity contribution in [3.63, 3.8) is 0 Å². The summed E-state index contributed by atoms with van der Waals surface area (Å²) in [6, 6.07) is -0.897. The van der Waals surface area contributed by atoms with Crippen LogP contribution in [0.1, 0.15) is 49.0 Å². The molecule has 0 spiro atoms. The topological polar surface area (TPSA) is 92.4 Å². The van der Waals surface area contributed by atoms with Crippen molar-refractivity contribution in [2.45, 2.75) is 46.6 Å². The van der Waals surface area contributed by atoms with Crippen LogP contribution in [0.25, 0.3) is 0 Å². The molecule has 0 aliphatic heterocycles. The molecule has 6 nitrogen and oxygen atoms in total.